The van der Waals surface area contributed by atoms with Crippen LogP contribution in [-0.4, -0.2) is 43.4 Å². The molecule has 9 heteroatoms. The molecular weight excluding hydrogens is 367 g/mol. The van der Waals surface area contributed by atoms with E-state index in [4.69, 9.17) is 0 Å². The van der Waals surface area contributed by atoms with Gasteiger partial charge in [0.25, 0.3) is 0 Å². The number of likely N-dealkylation sites (N-methyl/N-ethyl adjacent to an activating group) is 1. The van der Waals surface area contributed by atoms with Crippen molar-refractivity contribution in [1.82, 2.24) is 10.2 Å². The zero-order valence-electron chi connectivity index (χ0n) is 14.0. The Morgan fingerprint density at radius 1 is 1.08 bits per heavy atom. The highest BCUT2D eigenvalue weighted by Crippen LogP contribution is 2.19. The van der Waals surface area contributed by atoms with E-state index in [1.165, 1.54) is 4.90 Å². The number of anilines is 1. The van der Waals surface area contributed by atoms with Crippen molar-refractivity contribution in [3.63, 3.8) is 0 Å². The van der Waals surface area contributed by atoms with Crippen molar-refractivity contribution in [2.45, 2.75) is 6.42 Å². The Morgan fingerprint density at radius 3 is 2.50 bits per heavy atom. The van der Waals surface area contributed by atoms with Gasteiger partial charge in [-0.05, 0) is 37.0 Å². The van der Waals surface area contributed by atoms with Crippen molar-refractivity contribution in [3.8, 4) is 0 Å². The Kier molecular flexibility index (Phi) is 7.16. The topological polar surface area (TPSA) is 61.4 Å². The van der Waals surface area contributed by atoms with Gasteiger partial charge in [-0.25, -0.2) is 13.2 Å². The SMILES string of the molecule is CN(CC(=O)NCCc1cccs1)CC(=O)Nc1ccc(F)c(F)c1F. The minimum absolute atomic E-state index is 0.0296. The Balaban J connectivity index is 1.74. The smallest absolute Gasteiger partial charge is 0.238 e. The summed E-state index contributed by atoms with van der Waals surface area (Å²) in [5.74, 6) is -5.36. The minimum atomic E-state index is -1.65. The molecule has 0 saturated heterocycles. The first-order valence-corrected chi connectivity index (χ1v) is 8.65. The maximum absolute atomic E-state index is 13.5. The summed E-state index contributed by atoms with van der Waals surface area (Å²) in [6.45, 7) is 0.244. The third-order valence-electron chi connectivity index (χ3n) is 3.41. The molecule has 0 spiro atoms. The third kappa shape index (κ3) is 5.85. The molecule has 0 bridgehead atoms. The zero-order chi connectivity index (χ0) is 19.1. The highest BCUT2D eigenvalue weighted by molar-refractivity contribution is 7.09. The van der Waals surface area contributed by atoms with Crippen molar-refractivity contribution in [2.75, 3.05) is 32.0 Å². The number of hydrogen-bond acceptors (Lipinski definition) is 4. The average Bonchev–Trinajstić information content (AvgIpc) is 3.08. The number of carbonyl (C=O) groups excluding carboxylic acids is 2. The maximum atomic E-state index is 13.5. The Labute approximate surface area is 152 Å². The molecule has 0 radical (unpaired) electrons. The van der Waals surface area contributed by atoms with E-state index in [9.17, 15) is 22.8 Å². The zero-order valence-corrected chi connectivity index (χ0v) is 14.8. The lowest BCUT2D eigenvalue weighted by molar-refractivity contribution is -0.122. The molecular formula is C17H18F3N3O2S. The van der Waals surface area contributed by atoms with Gasteiger partial charge in [0.2, 0.25) is 11.8 Å². The lowest BCUT2D eigenvalue weighted by atomic mass is 10.2. The van der Waals surface area contributed by atoms with E-state index in [1.54, 1.807) is 18.4 Å². The van der Waals surface area contributed by atoms with E-state index in [0.29, 0.717) is 6.54 Å². The fourth-order valence-corrected chi connectivity index (χ4v) is 2.90. The van der Waals surface area contributed by atoms with E-state index < -0.39 is 29.0 Å². The van der Waals surface area contributed by atoms with Crippen LogP contribution in [0.5, 0.6) is 0 Å². The lowest BCUT2D eigenvalue weighted by Gasteiger charge is -2.16. The Morgan fingerprint density at radius 2 is 1.81 bits per heavy atom. The van der Waals surface area contributed by atoms with Gasteiger partial charge >= 0.3 is 0 Å². The van der Waals surface area contributed by atoms with Crippen LogP contribution in [0, 0.1) is 17.5 Å². The van der Waals surface area contributed by atoms with E-state index in [0.717, 1.165) is 23.4 Å². The number of carbonyl (C=O) groups is 2. The van der Waals surface area contributed by atoms with Crippen LogP contribution in [0.3, 0.4) is 0 Å². The number of rotatable bonds is 8. The number of halogens is 3. The largest absolute Gasteiger partial charge is 0.355 e. The van der Waals surface area contributed by atoms with Gasteiger partial charge in [-0.15, -0.1) is 11.3 Å². The van der Waals surface area contributed by atoms with Gasteiger partial charge < -0.3 is 10.6 Å². The number of hydrogen-bond donors (Lipinski definition) is 2. The molecule has 2 aromatic rings. The second-order valence-electron chi connectivity index (χ2n) is 5.62. The summed E-state index contributed by atoms with van der Waals surface area (Å²) in [7, 11) is 1.54. The fourth-order valence-electron chi connectivity index (χ4n) is 2.19. The summed E-state index contributed by atoms with van der Waals surface area (Å²) in [5.41, 5.74) is -0.456. The van der Waals surface area contributed by atoms with Crippen LogP contribution in [0.4, 0.5) is 18.9 Å². The van der Waals surface area contributed by atoms with Gasteiger partial charge in [-0.1, -0.05) is 6.07 Å². The molecule has 0 saturated carbocycles. The molecule has 0 fully saturated rings. The molecule has 0 aliphatic rings. The van der Waals surface area contributed by atoms with Crippen LogP contribution in [0.25, 0.3) is 0 Å². The predicted molar refractivity (Wildman–Crippen MR) is 93.5 cm³/mol. The van der Waals surface area contributed by atoms with Crippen molar-refractivity contribution >= 4 is 28.8 Å². The Bertz CT molecular complexity index is 769. The normalized spacial score (nSPS) is 10.8. The van der Waals surface area contributed by atoms with Gasteiger partial charge in [0, 0.05) is 11.4 Å². The molecule has 1 heterocycles. The number of benzene rings is 1. The maximum Gasteiger partial charge on any atom is 0.238 e. The summed E-state index contributed by atoms with van der Waals surface area (Å²) < 4.78 is 39.5. The fraction of sp³-hybridized carbons (Fsp3) is 0.294. The highest BCUT2D eigenvalue weighted by atomic mass is 32.1. The van der Waals surface area contributed by atoms with Crippen LogP contribution < -0.4 is 10.6 Å². The van der Waals surface area contributed by atoms with Gasteiger partial charge in [0.05, 0.1) is 18.8 Å². The summed E-state index contributed by atoms with van der Waals surface area (Å²) in [5, 5.41) is 6.85. The van der Waals surface area contributed by atoms with Gasteiger partial charge in [-0.3, -0.25) is 14.5 Å². The molecule has 0 unspecified atom stereocenters. The quantitative estimate of drug-likeness (QED) is 0.686. The van der Waals surface area contributed by atoms with Crippen molar-refractivity contribution < 1.29 is 22.8 Å². The first kappa shape index (κ1) is 19.9. The standard InChI is InChI=1S/C17H18F3N3O2S/c1-23(9-14(24)21-7-6-11-3-2-8-26-11)10-15(25)22-13-5-4-12(18)16(19)17(13)20/h2-5,8H,6-7,9-10H2,1H3,(H,21,24)(H,22,25). The molecule has 1 aromatic carbocycles. The Hall–Kier alpha value is -2.39. The van der Waals surface area contributed by atoms with E-state index in [-0.39, 0.29) is 19.0 Å². The summed E-state index contributed by atoms with van der Waals surface area (Å²) in [6, 6.07) is 5.57. The van der Waals surface area contributed by atoms with E-state index >= 15 is 0 Å². The van der Waals surface area contributed by atoms with E-state index in [1.807, 2.05) is 17.5 Å². The lowest BCUT2D eigenvalue weighted by Crippen LogP contribution is -2.39. The molecule has 26 heavy (non-hydrogen) atoms. The molecule has 140 valence electrons. The highest BCUT2D eigenvalue weighted by Gasteiger charge is 2.16. The van der Waals surface area contributed by atoms with Crippen molar-refractivity contribution in [1.29, 1.82) is 0 Å². The molecule has 0 atom stereocenters. The van der Waals surface area contributed by atoms with Gasteiger partial charge in [0.1, 0.15) is 0 Å². The molecule has 0 aliphatic carbocycles. The number of nitrogens with one attached hydrogen (secondary N) is 2. The van der Waals surface area contributed by atoms with Crippen LogP contribution >= 0.6 is 11.3 Å². The average molecular weight is 385 g/mol. The van der Waals surface area contributed by atoms with E-state index in [2.05, 4.69) is 10.6 Å². The number of nitrogens with zero attached hydrogens (tertiary/aromatic N) is 1. The number of thiophene rings is 1. The molecule has 2 N–H and O–H groups in total. The van der Waals surface area contributed by atoms with Crippen molar-refractivity contribution in [2.24, 2.45) is 0 Å². The monoisotopic (exact) mass is 385 g/mol. The van der Waals surface area contributed by atoms with Gasteiger partial charge in [0.15, 0.2) is 17.5 Å². The molecule has 0 aliphatic heterocycles. The second kappa shape index (κ2) is 9.35. The summed E-state index contributed by atoms with van der Waals surface area (Å²) in [4.78, 5) is 26.3. The third-order valence-corrected chi connectivity index (χ3v) is 4.35. The molecule has 1 aromatic heterocycles. The summed E-state index contributed by atoms with van der Waals surface area (Å²) in [6.07, 6.45) is 0.725. The summed E-state index contributed by atoms with van der Waals surface area (Å²) >= 11 is 1.61. The number of amides is 2. The van der Waals surface area contributed by atoms with Crippen LogP contribution in [-0.2, 0) is 16.0 Å². The van der Waals surface area contributed by atoms with Crippen molar-refractivity contribution in [3.05, 3.63) is 52.0 Å². The van der Waals surface area contributed by atoms with Crippen LogP contribution in [0.2, 0.25) is 0 Å². The van der Waals surface area contributed by atoms with Gasteiger partial charge in [-0.2, -0.15) is 0 Å². The minimum Gasteiger partial charge on any atom is -0.355 e. The second-order valence-corrected chi connectivity index (χ2v) is 6.65. The van der Waals surface area contributed by atoms with Crippen LogP contribution in [0.1, 0.15) is 4.88 Å². The predicted octanol–water partition coefficient (Wildman–Crippen LogP) is 2.39. The molecule has 2 amide bonds. The first-order valence-electron chi connectivity index (χ1n) is 7.77. The molecule has 5 nitrogen and oxygen atoms in total. The first-order chi connectivity index (χ1) is 12.4. The van der Waals surface area contributed by atoms with Crippen LogP contribution in [0.15, 0.2) is 29.6 Å². The molecule has 2 rings (SSSR count).